The normalized spacial score (nSPS) is 18.8. The molecule has 0 aliphatic carbocycles. The number of hydrogen-bond donors (Lipinski definition) is 2. The average Bonchev–Trinajstić information content (AvgIpc) is 2.74. The van der Waals surface area contributed by atoms with E-state index in [1.165, 1.54) is 6.07 Å². The van der Waals surface area contributed by atoms with E-state index in [9.17, 15) is 18.0 Å². The van der Waals surface area contributed by atoms with Crippen LogP contribution in [-0.4, -0.2) is 18.5 Å². The van der Waals surface area contributed by atoms with Gasteiger partial charge in [-0.15, -0.1) is 0 Å². The first-order valence-corrected chi connectivity index (χ1v) is 5.54. The fourth-order valence-corrected chi connectivity index (χ4v) is 1.87. The Bertz CT molecular complexity index is 548. The van der Waals surface area contributed by atoms with Crippen LogP contribution in [0, 0.1) is 11.3 Å². The molecule has 0 saturated carbocycles. The van der Waals surface area contributed by atoms with Crippen LogP contribution in [0.5, 0.6) is 0 Å². The molecule has 2 rings (SSSR count). The van der Waals surface area contributed by atoms with Gasteiger partial charge in [0, 0.05) is 13.0 Å². The number of amides is 1. The second-order valence-corrected chi connectivity index (χ2v) is 4.22. The summed E-state index contributed by atoms with van der Waals surface area (Å²) < 4.78 is 37.5. The minimum atomic E-state index is -4.48. The summed E-state index contributed by atoms with van der Waals surface area (Å²) in [5.74, 6) is -0.122. The highest BCUT2D eigenvalue weighted by atomic mass is 19.4. The summed E-state index contributed by atoms with van der Waals surface area (Å²) in [5.41, 5.74) is -0.651. The van der Waals surface area contributed by atoms with Gasteiger partial charge >= 0.3 is 6.18 Å². The first kappa shape index (κ1) is 13.2. The quantitative estimate of drug-likeness (QED) is 0.861. The third kappa shape index (κ3) is 2.96. The summed E-state index contributed by atoms with van der Waals surface area (Å²) in [6.07, 6.45) is -4.24. The Hall–Kier alpha value is -2.23. The van der Waals surface area contributed by atoms with E-state index in [2.05, 4.69) is 10.6 Å². The number of carbonyl (C=O) groups excluding carboxylic acids is 1. The van der Waals surface area contributed by atoms with Crippen LogP contribution in [0.3, 0.4) is 0 Å². The molecule has 1 heterocycles. The Morgan fingerprint density at radius 3 is 2.68 bits per heavy atom. The molecule has 1 fully saturated rings. The second kappa shape index (κ2) is 4.80. The molecule has 1 unspecified atom stereocenters. The van der Waals surface area contributed by atoms with Gasteiger partial charge in [0.25, 0.3) is 0 Å². The van der Waals surface area contributed by atoms with Crippen molar-refractivity contribution in [3.63, 3.8) is 0 Å². The molecule has 1 atom stereocenters. The number of nitrogens with one attached hydrogen (secondary N) is 2. The summed E-state index contributed by atoms with van der Waals surface area (Å²) in [6.45, 7) is 0.394. The highest BCUT2D eigenvalue weighted by Gasteiger charge is 2.31. The van der Waals surface area contributed by atoms with Crippen molar-refractivity contribution in [1.82, 2.24) is 5.32 Å². The Morgan fingerprint density at radius 1 is 1.42 bits per heavy atom. The first-order valence-electron chi connectivity index (χ1n) is 5.54. The largest absolute Gasteiger partial charge is 0.416 e. The molecule has 1 aliphatic rings. The molecular formula is C12H10F3N3O. The summed E-state index contributed by atoms with van der Waals surface area (Å²) in [7, 11) is 0. The molecule has 0 bridgehead atoms. The molecule has 0 radical (unpaired) electrons. The number of halogens is 3. The van der Waals surface area contributed by atoms with Gasteiger partial charge in [-0.05, 0) is 18.2 Å². The van der Waals surface area contributed by atoms with Gasteiger partial charge in [0.15, 0.2) is 0 Å². The van der Waals surface area contributed by atoms with Crippen molar-refractivity contribution in [3.8, 4) is 6.07 Å². The monoisotopic (exact) mass is 269 g/mol. The lowest BCUT2D eigenvalue weighted by Crippen LogP contribution is -2.23. The molecule has 1 aliphatic heterocycles. The maximum atomic E-state index is 12.5. The van der Waals surface area contributed by atoms with E-state index in [1.54, 1.807) is 6.07 Å². The van der Waals surface area contributed by atoms with E-state index in [4.69, 9.17) is 5.26 Å². The maximum Gasteiger partial charge on any atom is 0.416 e. The number of anilines is 1. The molecule has 1 amide bonds. The van der Waals surface area contributed by atoms with Crippen LogP contribution in [0.15, 0.2) is 18.2 Å². The number of nitrogens with zero attached hydrogens (tertiary/aromatic N) is 1. The van der Waals surface area contributed by atoms with Crippen molar-refractivity contribution in [2.75, 3.05) is 11.9 Å². The summed E-state index contributed by atoms with van der Waals surface area (Å²) in [6, 6.07) is 4.43. The van der Waals surface area contributed by atoms with Crippen molar-refractivity contribution in [3.05, 3.63) is 29.3 Å². The van der Waals surface area contributed by atoms with Crippen molar-refractivity contribution < 1.29 is 18.0 Å². The number of benzene rings is 1. The zero-order chi connectivity index (χ0) is 14.0. The van der Waals surface area contributed by atoms with Gasteiger partial charge < -0.3 is 10.6 Å². The Balaban J connectivity index is 2.22. The van der Waals surface area contributed by atoms with Crippen LogP contribution in [0.2, 0.25) is 0 Å². The lowest BCUT2D eigenvalue weighted by molar-refractivity contribution is -0.137. The molecule has 0 aromatic heterocycles. The highest BCUT2D eigenvalue weighted by Crippen LogP contribution is 2.31. The SMILES string of the molecule is N#Cc1cc(C(F)(F)F)ccc1NC1CNC(=O)C1. The molecule has 7 heteroatoms. The maximum absolute atomic E-state index is 12.5. The van der Waals surface area contributed by atoms with Crippen LogP contribution in [0.4, 0.5) is 18.9 Å². The molecule has 4 nitrogen and oxygen atoms in total. The molecule has 100 valence electrons. The van der Waals surface area contributed by atoms with E-state index >= 15 is 0 Å². The smallest absolute Gasteiger partial charge is 0.379 e. The van der Waals surface area contributed by atoms with E-state index in [1.807, 2.05) is 0 Å². The van der Waals surface area contributed by atoms with Crippen LogP contribution >= 0.6 is 0 Å². The first-order chi connectivity index (χ1) is 8.90. The minimum absolute atomic E-state index is 0.0887. The molecular weight excluding hydrogens is 259 g/mol. The van der Waals surface area contributed by atoms with Gasteiger partial charge in [-0.1, -0.05) is 0 Å². The van der Waals surface area contributed by atoms with Gasteiger partial charge in [-0.3, -0.25) is 4.79 Å². The minimum Gasteiger partial charge on any atom is -0.379 e. The van der Waals surface area contributed by atoms with Crippen LogP contribution in [0.1, 0.15) is 17.5 Å². The number of carbonyl (C=O) groups is 1. The second-order valence-electron chi connectivity index (χ2n) is 4.22. The summed E-state index contributed by atoms with van der Waals surface area (Å²) in [4.78, 5) is 11.0. The van der Waals surface area contributed by atoms with E-state index in [0.717, 1.165) is 12.1 Å². The van der Waals surface area contributed by atoms with Crippen LogP contribution < -0.4 is 10.6 Å². The Labute approximate surface area is 107 Å². The molecule has 2 N–H and O–H groups in total. The van der Waals surface area contributed by atoms with E-state index in [-0.39, 0.29) is 23.9 Å². The fourth-order valence-electron chi connectivity index (χ4n) is 1.87. The predicted octanol–water partition coefficient (Wildman–Crippen LogP) is 1.88. The third-order valence-corrected chi connectivity index (χ3v) is 2.80. The number of nitriles is 1. The van der Waals surface area contributed by atoms with Crippen molar-refractivity contribution >= 4 is 11.6 Å². The third-order valence-electron chi connectivity index (χ3n) is 2.80. The predicted molar refractivity (Wildman–Crippen MR) is 61.2 cm³/mol. The van der Waals surface area contributed by atoms with Crippen molar-refractivity contribution in [2.24, 2.45) is 0 Å². The fraction of sp³-hybridized carbons (Fsp3) is 0.333. The topological polar surface area (TPSA) is 64.9 Å². The standard InChI is InChI=1S/C12H10F3N3O/c13-12(14,15)8-1-2-10(7(3-8)5-16)18-9-4-11(19)17-6-9/h1-3,9,18H,4,6H2,(H,17,19). The lowest BCUT2D eigenvalue weighted by atomic mass is 10.1. The van der Waals surface area contributed by atoms with E-state index in [0.29, 0.717) is 12.2 Å². The molecule has 1 aromatic carbocycles. The van der Waals surface area contributed by atoms with Crippen molar-refractivity contribution in [1.29, 1.82) is 5.26 Å². The number of rotatable bonds is 2. The zero-order valence-corrected chi connectivity index (χ0v) is 9.71. The highest BCUT2D eigenvalue weighted by molar-refractivity contribution is 5.80. The Morgan fingerprint density at radius 2 is 2.16 bits per heavy atom. The van der Waals surface area contributed by atoms with Crippen LogP contribution in [-0.2, 0) is 11.0 Å². The Kier molecular flexibility index (Phi) is 3.34. The summed E-state index contributed by atoms with van der Waals surface area (Å²) in [5, 5.41) is 14.4. The zero-order valence-electron chi connectivity index (χ0n) is 9.71. The van der Waals surface area contributed by atoms with Gasteiger partial charge in [-0.25, -0.2) is 0 Å². The molecule has 1 aromatic rings. The molecule has 0 spiro atoms. The molecule has 1 saturated heterocycles. The number of hydrogen-bond acceptors (Lipinski definition) is 3. The summed E-state index contributed by atoms with van der Waals surface area (Å²) >= 11 is 0. The number of alkyl halides is 3. The van der Waals surface area contributed by atoms with Gasteiger partial charge in [0.1, 0.15) is 6.07 Å². The van der Waals surface area contributed by atoms with Gasteiger partial charge in [0.05, 0.1) is 22.9 Å². The van der Waals surface area contributed by atoms with Gasteiger partial charge in [0.2, 0.25) is 5.91 Å². The van der Waals surface area contributed by atoms with Gasteiger partial charge in [-0.2, -0.15) is 18.4 Å². The average molecular weight is 269 g/mol. The van der Waals surface area contributed by atoms with Crippen molar-refractivity contribution in [2.45, 2.75) is 18.6 Å². The lowest BCUT2D eigenvalue weighted by Gasteiger charge is -2.15. The van der Waals surface area contributed by atoms with Crippen LogP contribution in [0.25, 0.3) is 0 Å². The molecule has 19 heavy (non-hydrogen) atoms. The van der Waals surface area contributed by atoms with E-state index < -0.39 is 11.7 Å².